The standard InChI is InChI=1S/C19H18F6NO9/c1-3-10-4-12(35-19(23,24)25)5-11-6-13(15(18(20,21)22)34-14(10)11)16(27)30-8-31-17(28)33-9(2)7-32-26-29/h4-6,9,15,26H,3,7-8H2,1-2H3/q+1/t9?,15-/m0/s1. The van der Waals surface area contributed by atoms with E-state index in [1.807, 2.05) is 0 Å². The van der Waals surface area contributed by atoms with E-state index in [0.29, 0.717) is 6.08 Å². The molecule has 0 aliphatic carbocycles. The number of aryl methyl sites for hydroxylation is 1. The van der Waals surface area contributed by atoms with E-state index in [1.54, 1.807) is 0 Å². The number of carbonyl (C=O) groups is 2. The molecule has 1 aromatic carbocycles. The topological polar surface area (TPSA) is 121 Å². The first-order valence-corrected chi connectivity index (χ1v) is 9.62. The van der Waals surface area contributed by atoms with Crippen LogP contribution in [-0.4, -0.2) is 50.3 Å². The molecule has 35 heavy (non-hydrogen) atoms. The zero-order valence-electron chi connectivity index (χ0n) is 18.0. The third kappa shape index (κ3) is 7.92. The van der Waals surface area contributed by atoms with Crippen LogP contribution < -0.4 is 14.8 Å². The molecular formula is C19H18F6NO9+. The molecule has 2 atom stereocenters. The van der Waals surface area contributed by atoms with Gasteiger partial charge >= 0.3 is 24.7 Å². The lowest BCUT2D eigenvalue weighted by molar-refractivity contribution is -0.771. The summed E-state index contributed by atoms with van der Waals surface area (Å²) in [6.45, 7) is 1.24. The van der Waals surface area contributed by atoms with E-state index in [9.17, 15) is 40.8 Å². The lowest BCUT2D eigenvalue weighted by Gasteiger charge is -2.29. The molecule has 0 amide bonds. The number of alkyl halides is 6. The van der Waals surface area contributed by atoms with Gasteiger partial charge in [-0.2, -0.15) is 13.2 Å². The molecule has 0 aromatic heterocycles. The van der Waals surface area contributed by atoms with Gasteiger partial charge in [-0.25, -0.2) is 14.4 Å². The molecule has 1 aliphatic rings. The molecular weight excluding hydrogens is 500 g/mol. The molecule has 0 saturated heterocycles. The molecule has 1 heterocycles. The number of hydrogen-bond donors (Lipinski definition) is 1. The highest BCUT2D eigenvalue weighted by Gasteiger charge is 2.49. The van der Waals surface area contributed by atoms with E-state index >= 15 is 0 Å². The Hall–Kier alpha value is -3.72. The van der Waals surface area contributed by atoms with Crippen LogP contribution in [0, 0.1) is 4.91 Å². The lowest BCUT2D eigenvalue weighted by Crippen LogP contribution is -2.63. The first-order chi connectivity index (χ1) is 16.2. The quantitative estimate of drug-likeness (QED) is 0.228. The number of hydrogen-bond acceptors (Lipinski definition) is 9. The molecule has 0 radical (unpaired) electrons. The summed E-state index contributed by atoms with van der Waals surface area (Å²) >= 11 is 0. The summed E-state index contributed by atoms with van der Waals surface area (Å²) in [5, 5.41) is 1.09. The summed E-state index contributed by atoms with van der Waals surface area (Å²) in [7, 11) is 0. The van der Waals surface area contributed by atoms with Gasteiger partial charge in [-0.15, -0.1) is 13.2 Å². The first kappa shape index (κ1) is 27.5. The van der Waals surface area contributed by atoms with Crippen molar-refractivity contribution in [1.82, 2.24) is 0 Å². The van der Waals surface area contributed by atoms with Gasteiger partial charge in [0.05, 0.1) is 10.5 Å². The van der Waals surface area contributed by atoms with Crippen LogP contribution in [-0.2, 0) is 30.3 Å². The number of benzene rings is 1. The van der Waals surface area contributed by atoms with E-state index in [1.165, 1.54) is 13.8 Å². The molecule has 1 aromatic rings. The maximum absolute atomic E-state index is 13.6. The van der Waals surface area contributed by atoms with Crippen molar-refractivity contribution in [3.05, 3.63) is 33.7 Å². The van der Waals surface area contributed by atoms with Gasteiger partial charge in [0.25, 0.3) is 0 Å². The van der Waals surface area contributed by atoms with Gasteiger partial charge < -0.3 is 23.7 Å². The van der Waals surface area contributed by atoms with Gasteiger partial charge in [0.2, 0.25) is 24.8 Å². The minimum absolute atomic E-state index is 0.0140. The van der Waals surface area contributed by atoms with Crippen molar-refractivity contribution in [1.29, 1.82) is 0 Å². The van der Waals surface area contributed by atoms with Crippen molar-refractivity contribution in [3.63, 3.8) is 0 Å². The molecule has 0 bridgehead atoms. The third-order valence-electron chi connectivity index (χ3n) is 4.19. The van der Waals surface area contributed by atoms with E-state index in [-0.39, 0.29) is 29.9 Å². The fourth-order valence-corrected chi connectivity index (χ4v) is 2.82. The van der Waals surface area contributed by atoms with Gasteiger partial charge in [-0.05, 0) is 37.1 Å². The predicted molar refractivity (Wildman–Crippen MR) is 99.2 cm³/mol. The average Bonchev–Trinajstić information content (AvgIpc) is 2.74. The lowest BCUT2D eigenvalue weighted by atomic mass is 9.97. The van der Waals surface area contributed by atoms with Crippen molar-refractivity contribution >= 4 is 18.2 Å². The summed E-state index contributed by atoms with van der Waals surface area (Å²) in [5.41, 5.74) is -1.44. The van der Waals surface area contributed by atoms with Crippen LogP contribution in [0.4, 0.5) is 31.1 Å². The van der Waals surface area contributed by atoms with Crippen molar-refractivity contribution in [2.45, 2.75) is 45.0 Å². The van der Waals surface area contributed by atoms with Crippen LogP contribution in [0.25, 0.3) is 6.08 Å². The van der Waals surface area contributed by atoms with Gasteiger partial charge in [-0.1, -0.05) is 6.92 Å². The van der Waals surface area contributed by atoms with Gasteiger partial charge in [-0.3, -0.25) is 0 Å². The van der Waals surface area contributed by atoms with Crippen molar-refractivity contribution in [2.24, 2.45) is 0 Å². The maximum Gasteiger partial charge on any atom is 0.573 e. The number of carbonyl (C=O) groups excluding carboxylic acids is 2. The first-order valence-electron chi connectivity index (χ1n) is 9.62. The smallest absolute Gasteiger partial charge is 0.475 e. The Bertz CT molecular complexity index is 977. The Balaban J connectivity index is 2.22. The number of halogens is 6. The Labute approximate surface area is 192 Å². The Kier molecular flexibility index (Phi) is 8.76. The second-order valence-corrected chi connectivity index (χ2v) is 6.81. The molecule has 0 saturated carbocycles. The van der Waals surface area contributed by atoms with Gasteiger partial charge in [0.15, 0.2) is 0 Å². The minimum Gasteiger partial charge on any atom is -0.475 e. The fourth-order valence-electron chi connectivity index (χ4n) is 2.82. The zero-order valence-corrected chi connectivity index (χ0v) is 18.0. The van der Waals surface area contributed by atoms with Crippen LogP contribution in [0.15, 0.2) is 17.7 Å². The monoisotopic (exact) mass is 518 g/mol. The molecule has 0 spiro atoms. The second-order valence-electron chi connectivity index (χ2n) is 6.81. The SMILES string of the molecule is CCc1cc(OC(F)(F)F)cc2c1O[C@H](C(F)(F)F)C(C(=O)OCOC(=O)OC(C)CO[NH+]=O)=C2. The molecule has 194 valence electrons. The highest BCUT2D eigenvalue weighted by atomic mass is 19.4. The van der Waals surface area contributed by atoms with Crippen LogP contribution in [0.1, 0.15) is 25.0 Å². The second kappa shape index (κ2) is 11.1. The minimum atomic E-state index is -5.11. The van der Waals surface area contributed by atoms with Crippen LogP contribution in [0.2, 0.25) is 0 Å². The van der Waals surface area contributed by atoms with E-state index < -0.39 is 55.0 Å². The normalized spacial score (nSPS) is 16.1. The van der Waals surface area contributed by atoms with Crippen LogP contribution in [0.3, 0.4) is 0 Å². The average molecular weight is 518 g/mol. The van der Waals surface area contributed by atoms with E-state index in [2.05, 4.69) is 23.8 Å². The molecule has 1 aliphatic heterocycles. The molecule has 2 rings (SSSR count). The predicted octanol–water partition coefficient (Wildman–Crippen LogP) is 2.68. The van der Waals surface area contributed by atoms with Crippen LogP contribution >= 0.6 is 0 Å². The van der Waals surface area contributed by atoms with Crippen LogP contribution in [0.5, 0.6) is 11.5 Å². The molecule has 1 unspecified atom stereocenters. The largest absolute Gasteiger partial charge is 0.573 e. The van der Waals surface area contributed by atoms with E-state index in [0.717, 1.165) is 17.5 Å². The number of esters is 1. The molecule has 16 heteroatoms. The maximum atomic E-state index is 13.6. The van der Waals surface area contributed by atoms with Crippen molar-refractivity contribution < 1.29 is 69.8 Å². The summed E-state index contributed by atoms with van der Waals surface area (Å²) < 4.78 is 101. The summed E-state index contributed by atoms with van der Waals surface area (Å²) in [5.74, 6) is -2.75. The number of ether oxygens (including phenoxy) is 5. The third-order valence-corrected chi connectivity index (χ3v) is 4.19. The van der Waals surface area contributed by atoms with Crippen molar-refractivity contribution in [2.75, 3.05) is 13.4 Å². The zero-order chi connectivity index (χ0) is 26.4. The molecule has 1 N–H and O–H groups in total. The number of rotatable bonds is 9. The highest BCUT2D eigenvalue weighted by molar-refractivity contribution is 5.96. The Morgan fingerprint density at radius 1 is 1.14 bits per heavy atom. The van der Waals surface area contributed by atoms with E-state index in [4.69, 9.17) is 4.74 Å². The summed E-state index contributed by atoms with van der Waals surface area (Å²) in [4.78, 5) is 37.9. The van der Waals surface area contributed by atoms with Crippen molar-refractivity contribution in [3.8, 4) is 11.5 Å². The summed E-state index contributed by atoms with van der Waals surface area (Å²) in [6, 6.07) is 1.62. The fraction of sp³-hybridized carbons (Fsp3) is 0.474. The molecule has 10 nitrogen and oxygen atoms in total. The number of nitrogens with one attached hydrogen (secondary N) is 1. The Morgan fingerprint density at radius 2 is 1.83 bits per heavy atom. The van der Waals surface area contributed by atoms with Gasteiger partial charge in [0, 0.05) is 5.56 Å². The summed E-state index contributed by atoms with van der Waals surface area (Å²) in [6.07, 6.45) is -14.7. The van der Waals surface area contributed by atoms with Gasteiger partial charge in [0.1, 0.15) is 17.6 Å². The molecule has 0 fully saturated rings. The highest BCUT2D eigenvalue weighted by Crippen LogP contribution is 2.42. The Morgan fingerprint density at radius 3 is 2.40 bits per heavy atom. The number of fused-ring (bicyclic) bond motifs is 1.